The number of nitrogens with two attached hydrogens (primary N) is 1. The average molecular weight is 268 g/mol. The summed E-state index contributed by atoms with van der Waals surface area (Å²) in [5.74, 6) is 5.32. The molecule has 2 heterocycles. The van der Waals surface area contributed by atoms with Crippen LogP contribution in [-0.4, -0.2) is 53.5 Å². The van der Waals surface area contributed by atoms with Crippen molar-refractivity contribution < 1.29 is 4.79 Å². The minimum Gasteiger partial charge on any atom is -0.298 e. The number of nitrogens with zero attached hydrogens (tertiary/aromatic N) is 2. The second kappa shape index (κ2) is 6.68. The highest BCUT2D eigenvalue weighted by atomic mass is 16.2. The van der Waals surface area contributed by atoms with Crippen LogP contribution in [-0.2, 0) is 4.79 Å². The molecular weight excluding hydrogens is 240 g/mol. The van der Waals surface area contributed by atoms with Crippen molar-refractivity contribution in [2.75, 3.05) is 19.6 Å². The van der Waals surface area contributed by atoms with E-state index in [1.807, 2.05) is 0 Å². The van der Waals surface area contributed by atoms with E-state index in [0.717, 1.165) is 25.9 Å². The number of hydrogen-bond donors (Lipinski definition) is 2. The number of carbonyl (C=O) groups is 1. The Balaban J connectivity index is 2.06. The first-order valence-electron chi connectivity index (χ1n) is 7.67. The van der Waals surface area contributed by atoms with Crippen LogP contribution in [0.3, 0.4) is 0 Å². The molecule has 3 atom stereocenters. The normalized spacial score (nSPS) is 30.7. The molecular formula is C14H28N4O. The van der Waals surface area contributed by atoms with E-state index in [-0.39, 0.29) is 11.9 Å². The van der Waals surface area contributed by atoms with Crippen LogP contribution in [0.1, 0.15) is 46.0 Å². The Hall–Kier alpha value is -0.650. The summed E-state index contributed by atoms with van der Waals surface area (Å²) in [5, 5.41) is 0. The zero-order valence-corrected chi connectivity index (χ0v) is 12.3. The van der Waals surface area contributed by atoms with Crippen molar-refractivity contribution >= 4 is 5.91 Å². The Labute approximate surface area is 116 Å². The van der Waals surface area contributed by atoms with Crippen LogP contribution in [0.4, 0.5) is 0 Å². The van der Waals surface area contributed by atoms with Gasteiger partial charge in [-0.25, -0.2) is 5.84 Å². The average Bonchev–Trinajstić information content (AvgIpc) is 2.43. The van der Waals surface area contributed by atoms with Gasteiger partial charge in [-0.05, 0) is 32.7 Å². The first kappa shape index (κ1) is 14.8. The first-order valence-corrected chi connectivity index (χ1v) is 7.67. The predicted molar refractivity (Wildman–Crippen MR) is 76.4 cm³/mol. The zero-order chi connectivity index (χ0) is 13.8. The Morgan fingerprint density at radius 3 is 2.89 bits per heavy atom. The van der Waals surface area contributed by atoms with Crippen LogP contribution in [0.25, 0.3) is 0 Å². The summed E-state index contributed by atoms with van der Waals surface area (Å²) in [4.78, 5) is 17.0. The van der Waals surface area contributed by atoms with E-state index in [1.165, 1.54) is 25.8 Å². The van der Waals surface area contributed by atoms with Gasteiger partial charge >= 0.3 is 0 Å². The fourth-order valence-corrected chi connectivity index (χ4v) is 3.63. The van der Waals surface area contributed by atoms with Gasteiger partial charge in [0.1, 0.15) is 0 Å². The number of nitrogens with one attached hydrogen (secondary N) is 1. The quantitative estimate of drug-likeness (QED) is 0.448. The van der Waals surface area contributed by atoms with Crippen LogP contribution in [0.15, 0.2) is 0 Å². The SMILES string of the molecule is CCCC(C(=O)NN)N1CC2CCCCN2CC1C. The van der Waals surface area contributed by atoms with Crippen molar-refractivity contribution in [2.45, 2.75) is 64.1 Å². The number of piperazine rings is 1. The van der Waals surface area contributed by atoms with Crippen LogP contribution in [0.5, 0.6) is 0 Å². The van der Waals surface area contributed by atoms with Gasteiger partial charge in [0.05, 0.1) is 6.04 Å². The van der Waals surface area contributed by atoms with Gasteiger partial charge in [-0.3, -0.25) is 20.0 Å². The standard InChI is InChI=1S/C14H28N4O/c1-3-6-13(14(19)16-15)18-10-12-7-4-5-8-17(12)9-11(18)2/h11-13H,3-10,15H2,1-2H3,(H,16,19). The number of hydrogen-bond acceptors (Lipinski definition) is 4. The van der Waals surface area contributed by atoms with Crippen LogP contribution in [0, 0.1) is 0 Å². The molecule has 5 heteroatoms. The van der Waals surface area contributed by atoms with Gasteiger partial charge in [-0.15, -0.1) is 0 Å². The van der Waals surface area contributed by atoms with Crippen LogP contribution < -0.4 is 11.3 Å². The first-order chi connectivity index (χ1) is 9.17. The second-order valence-corrected chi connectivity index (χ2v) is 6.00. The molecule has 2 fully saturated rings. The molecule has 2 aliphatic rings. The molecule has 0 aromatic heterocycles. The predicted octanol–water partition coefficient (Wildman–Crippen LogP) is 0.704. The smallest absolute Gasteiger partial charge is 0.251 e. The van der Waals surface area contributed by atoms with Gasteiger partial charge in [-0.2, -0.15) is 0 Å². The summed E-state index contributed by atoms with van der Waals surface area (Å²) >= 11 is 0. The molecule has 0 aromatic carbocycles. The summed E-state index contributed by atoms with van der Waals surface area (Å²) in [7, 11) is 0. The minimum atomic E-state index is -0.0610. The van der Waals surface area contributed by atoms with Crippen molar-refractivity contribution in [3.05, 3.63) is 0 Å². The number of hydrazine groups is 1. The number of amides is 1. The van der Waals surface area contributed by atoms with Gasteiger partial charge in [-0.1, -0.05) is 19.8 Å². The third-order valence-electron chi connectivity index (χ3n) is 4.64. The lowest BCUT2D eigenvalue weighted by Crippen LogP contribution is -2.63. The summed E-state index contributed by atoms with van der Waals surface area (Å²) in [6, 6.07) is 1.01. The molecule has 0 spiro atoms. The third-order valence-corrected chi connectivity index (χ3v) is 4.64. The topological polar surface area (TPSA) is 61.6 Å². The molecule has 0 aliphatic carbocycles. The highest BCUT2D eigenvalue weighted by Gasteiger charge is 2.37. The highest BCUT2D eigenvalue weighted by molar-refractivity contribution is 5.81. The van der Waals surface area contributed by atoms with E-state index < -0.39 is 0 Å². The molecule has 0 radical (unpaired) electrons. The molecule has 0 saturated carbocycles. The third kappa shape index (κ3) is 3.27. The minimum absolute atomic E-state index is 0.0297. The maximum Gasteiger partial charge on any atom is 0.251 e. The van der Waals surface area contributed by atoms with E-state index in [0.29, 0.717) is 12.1 Å². The molecule has 3 N–H and O–H groups in total. The summed E-state index contributed by atoms with van der Waals surface area (Å²) in [5.41, 5.74) is 2.35. The lowest BCUT2D eigenvalue weighted by molar-refractivity contribution is -0.130. The van der Waals surface area contributed by atoms with Gasteiger partial charge in [0, 0.05) is 25.2 Å². The fourth-order valence-electron chi connectivity index (χ4n) is 3.63. The molecule has 5 nitrogen and oxygen atoms in total. The monoisotopic (exact) mass is 268 g/mol. The Bertz CT molecular complexity index is 310. The van der Waals surface area contributed by atoms with Gasteiger partial charge in [0.25, 0.3) is 5.91 Å². The summed E-state index contributed by atoms with van der Waals surface area (Å²) < 4.78 is 0. The largest absolute Gasteiger partial charge is 0.298 e. The fraction of sp³-hybridized carbons (Fsp3) is 0.929. The molecule has 2 aliphatic heterocycles. The Kier molecular flexibility index (Phi) is 5.19. The van der Waals surface area contributed by atoms with Crippen molar-refractivity contribution in [3.63, 3.8) is 0 Å². The van der Waals surface area contributed by atoms with Crippen LogP contribution in [0.2, 0.25) is 0 Å². The maximum absolute atomic E-state index is 12.0. The molecule has 0 aromatic rings. The lowest BCUT2D eigenvalue weighted by Gasteiger charge is -2.49. The second-order valence-electron chi connectivity index (χ2n) is 6.00. The lowest BCUT2D eigenvalue weighted by atomic mass is 9.95. The zero-order valence-electron chi connectivity index (χ0n) is 12.3. The molecule has 2 saturated heterocycles. The molecule has 0 bridgehead atoms. The summed E-state index contributed by atoms with van der Waals surface area (Å²) in [6.07, 6.45) is 5.82. The Morgan fingerprint density at radius 2 is 2.21 bits per heavy atom. The van der Waals surface area contributed by atoms with Crippen LogP contribution >= 0.6 is 0 Å². The van der Waals surface area contributed by atoms with Crippen molar-refractivity contribution in [3.8, 4) is 0 Å². The Morgan fingerprint density at radius 1 is 1.42 bits per heavy atom. The number of carbonyl (C=O) groups excluding carboxylic acids is 1. The molecule has 110 valence electrons. The molecule has 2 rings (SSSR count). The van der Waals surface area contributed by atoms with E-state index in [1.54, 1.807) is 0 Å². The number of piperidine rings is 1. The maximum atomic E-state index is 12.0. The van der Waals surface area contributed by atoms with Crippen molar-refractivity contribution in [2.24, 2.45) is 5.84 Å². The van der Waals surface area contributed by atoms with Gasteiger partial charge < -0.3 is 0 Å². The van der Waals surface area contributed by atoms with E-state index in [2.05, 4.69) is 29.1 Å². The molecule has 19 heavy (non-hydrogen) atoms. The van der Waals surface area contributed by atoms with Gasteiger partial charge in [0.15, 0.2) is 0 Å². The van der Waals surface area contributed by atoms with E-state index in [9.17, 15) is 4.79 Å². The highest BCUT2D eigenvalue weighted by Crippen LogP contribution is 2.26. The van der Waals surface area contributed by atoms with Crippen molar-refractivity contribution in [1.29, 1.82) is 0 Å². The number of fused-ring (bicyclic) bond motifs is 1. The van der Waals surface area contributed by atoms with Crippen molar-refractivity contribution in [1.82, 2.24) is 15.2 Å². The van der Waals surface area contributed by atoms with E-state index in [4.69, 9.17) is 5.84 Å². The van der Waals surface area contributed by atoms with Gasteiger partial charge in [0.2, 0.25) is 0 Å². The summed E-state index contributed by atoms with van der Waals surface area (Å²) in [6.45, 7) is 7.68. The molecule has 3 unspecified atom stereocenters. The molecule has 1 amide bonds. The van der Waals surface area contributed by atoms with E-state index >= 15 is 0 Å². The number of rotatable bonds is 4.